The molecule has 0 fully saturated rings. The normalized spacial score (nSPS) is 15.3. The number of rotatable bonds is 6. The topological polar surface area (TPSA) is 44.5 Å². The van der Waals surface area contributed by atoms with E-state index >= 15 is 0 Å². The highest BCUT2D eigenvalue weighted by Crippen LogP contribution is 2.33. The van der Waals surface area contributed by atoms with Gasteiger partial charge in [0, 0.05) is 7.11 Å². The van der Waals surface area contributed by atoms with E-state index in [4.69, 9.17) is 15.2 Å². The predicted molar refractivity (Wildman–Crippen MR) is 65.7 cm³/mol. The maximum atomic E-state index is 12.8. The first kappa shape index (κ1) is 15.9. The van der Waals surface area contributed by atoms with Crippen LogP contribution in [0.4, 0.5) is 13.2 Å². The third-order valence-corrected chi connectivity index (χ3v) is 2.63. The Labute approximate surface area is 110 Å². The van der Waals surface area contributed by atoms with Gasteiger partial charge in [0.25, 0.3) is 0 Å². The lowest BCUT2D eigenvalue weighted by atomic mass is 10.0. The summed E-state index contributed by atoms with van der Waals surface area (Å²) < 4.78 is 48.7. The molecule has 0 heterocycles. The second-order valence-corrected chi connectivity index (χ2v) is 4.29. The molecular weight excluding hydrogens is 259 g/mol. The molecular formula is C13H18F3NO2. The Morgan fingerprint density at radius 2 is 1.84 bits per heavy atom. The number of hydrogen-bond acceptors (Lipinski definition) is 3. The van der Waals surface area contributed by atoms with E-state index in [1.807, 2.05) is 0 Å². The highest BCUT2D eigenvalue weighted by Gasteiger charge is 2.34. The molecule has 1 aromatic carbocycles. The summed E-state index contributed by atoms with van der Waals surface area (Å²) in [5.74, 6) is 0. The van der Waals surface area contributed by atoms with Gasteiger partial charge in [-0.25, -0.2) is 0 Å². The van der Waals surface area contributed by atoms with Gasteiger partial charge in [0.1, 0.15) is 0 Å². The van der Waals surface area contributed by atoms with Gasteiger partial charge in [-0.2, -0.15) is 13.2 Å². The van der Waals surface area contributed by atoms with E-state index in [1.165, 1.54) is 25.3 Å². The second kappa shape index (κ2) is 6.88. The van der Waals surface area contributed by atoms with E-state index in [9.17, 15) is 13.2 Å². The fourth-order valence-corrected chi connectivity index (χ4v) is 1.72. The molecule has 0 amide bonds. The number of methoxy groups -OCH3 is 1. The minimum Gasteiger partial charge on any atom is -0.382 e. The van der Waals surface area contributed by atoms with Gasteiger partial charge in [0.2, 0.25) is 0 Å². The zero-order valence-electron chi connectivity index (χ0n) is 10.9. The lowest BCUT2D eigenvalue weighted by molar-refractivity contribution is -0.138. The van der Waals surface area contributed by atoms with Crippen molar-refractivity contribution in [3.05, 3.63) is 35.4 Å². The molecule has 0 aromatic heterocycles. The molecule has 0 aliphatic heterocycles. The van der Waals surface area contributed by atoms with Gasteiger partial charge in [0.05, 0.1) is 30.9 Å². The van der Waals surface area contributed by atoms with Crippen molar-refractivity contribution in [2.75, 3.05) is 20.3 Å². The van der Waals surface area contributed by atoms with Crippen LogP contribution in [0.3, 0.4) is 0 Å². The van der Waals surface area contributed by atoms with Crippen molar-refractivity contribution < 1.29 is 22.6 Å². The molecule has 1 aromatic rings. The molecule has 0 saturated heterocycles. The van der Waals surface area contributed by atoms with Crippen molar-refractivity contribution in [1.82, 2.24) is 0 Å². The Bertz CT molecular complexity index is 396. The highest BCUT2D eigenvalue weighted by atomic mass is 19.4. The van der Waals surface area contributed by atoms with Gasteiger partial charge in [-0.1, -0.05) is 18.2 Å². The van der Waals surface area contributed by atoms with Crippen LogP contribution in [0.15, 0.2) is 24.3 Å². The van der Waals surface area contributed by atoms with Gasteiger partial charge < -0.3 is 15.2 Å². The maximum absolute atomic E-state index is 12.8. The maximum Gasteiger partial charge on any atom is 0.416 e. The van der Waals surface area contributed by atoms with Crippen LogP contribution in [-0.4, -0.2) is 26.4 Å². The standard InChI is InChI=1S/C13H18F3NO2/c1-9(7-18-2)19-8-12(17)10-5-3-4-6-11(10)13(14,15)16/h3-6,9,12H,7-8,17H2,1-2H3. The number of benzene rings is 1. The summed E-state index contributed by atoms with van der Waals surface area (Å²) in [6.45, 7) is 2.15. The van der Waals surface area contributed by atoms with Crippen LogP contribution in [0.5, 0.6) is 0 Å². The molecule has 19 heavy (non-hydrogen) atoms. The fourth-order valence-electron chi connectivity index (χ4n) is 1.72. The van der Waals surface area contributed by atoms with Crippen molar-refractivity contribution in [3.63, 3.8) is 0 Å². The van der Waals surface area contributed by atoms with Crippen molar-refractivity contribution in [2.45, 2.75) is 25.2 Å². The summed E-state index contributed by atoms with van der Waals surface area (Å²) in [6, 6.07) is 4.44. The average Bonchev–Trinajstić information content (AvgIpc) is 2.35. The number of nitrogens with two attached hydrogens (primary N) is 1. The smallest absolute Gasteiger partial charge is 0.382 e. The molecule has 2 N–H and O–H groups in total. The van der Waals surface area contributed by atoms with E-state index < -0.39 is 17.8 Å². The summed E-state index contributed by atoms with van der Waals surface area (Å²) >= 11 is 0. The Hall–Kier alpha value is -1.11. The van der Waals surface area contributed by atoms with Crippen molar-refractivity contribution in [3.8, 4) is 0 Å². The lowest BCUT2D eigenvalue weighted by Gasteiger charge is -2.20. The SMILES string of the molecule is COCC(C)OCC(N)c1ccccc1C(F)(F)F. The van der Waals surface area contributed by atoms with Gasteiger partial charge in [0.15, 0.2) is 0 Å². The average molecular weight is 277 g/mol. The fraction of sp³-hybridized carbons (Fsp3) is 0.538. The first-order valence-electron chi connectivity index (χ1n) is 5.88. The van der Waals surface area contributed by atoms with Crippen molar-refractivity contribution in [1.29, 1.82) is 0 Å². The minimum atomic E-state index is -4.41. The molecule has 0 spiro atoms. The van der Waals surface area contributed by atoms with Crippen LogP contribution in [0.2, 0.25) is 0 Å². The number of alkyl halides is 3. The molecule has 6 heteroatoms. The molecule has 0 bridgehead atoms. The van der Waals surface area contributed by atoms with E-state index in [1.54, 1.807) is 6.92 Å². The third kappa shape index (κ3) is 4.81. The summed E-state index contributed by atoms with van der Waals surface area (Å²) in [7, 11) is 1.53. The van der Waals surface area contributed by atoms with Gasteiger partial charge >= 0.3 is 6.18 Å². The Balaban J connectivity index is 2.74. The monoisotopic (exact) mass is 277 g/mol. The van der Waals surface area contributed by atoms with Crippen molar-refractivity contribution in [2.24, 2.45) is 5.73 Å². The van der Waals surface area contributed by atoms with E-state index in [2.05, 4.69) is 0 Å². The Morgan fingerprint density at radius 1 is 1.21 bits per heavy atom. The first-order valence-corrected chi connectivity index (χ1v) is 5.88. The number of halogens is 3. The van der Waals surface area contributed by atoms with E-state index in [0.717, 1.165) is 6.07 Å². The molecule has 2 unspecified atom stereocenters. The minimum absolute atomic E-state index is 0.0115. The van der Waals surface area contributed by atoms with Crippen LogP contribution in [0.1, 0.15) is 24.1 Å². The van der Waals surface area contributed by atoms with Gasteiger partial charge in [-0.05, 0) is 18.6 Å². The molecule has 0 saturated carbocycles. The van der Waals surface area contributed by atoms with Crippen LogP contribution in [0.25, 0.3) is 0 Å². The van der Waals surface area contributed by atoms with E-state index in [-0.39, 0.29) is 18.3 Å². The number of hydrogen-bond donors (Lipinski definition) is 1. The molecule has 0 aliphatic carbocycles. The molecule has 108 valence electrons. The van der Waals surface area contributed by atoms with Gasteiger partial charge in [-0.3, -0.25) is 0 Å². The summed E-state index contributed by atoms with van der Waals surface area (Å²) in [5.41, 5.74) is 5.10. The van der Waals surface area contributed by atoms with E-state index in [0.29, 0.717) is 6.61 Å². The quantitative estimate of drug-likeness (QED) is 0.869. The summed E-state index contributed by atoms with van der Waals surface area (Å²) in [6.07, 6.45) is -4.62. The zero-order valence-corrected chi connectivity index (χ0v) is 10.9. The lowest BCUT2D eigenvalue weighted by Crippen LogP contribution is -2.25. The first-order chi connectivity index (χ1) is 8.86. The van der Waals surface area contributed by atoms with Crippen LogP contribution < -0.4 is 5.73 Å². The zero-order chi connectivity index (χ0) is 14.5. The van der Waals surface area contributed by atoms with Crippen molar-refractivity contribution >= 4 is 0 Å². The molecule has 0 radical (unpaired) electrons. The van der Waals surface area contributed by atoms with Crippen LogP contribution >= 0.6 is 0 Å². The molecule has 2 atom stereocenters. The highest BCUT2D eigenvalue weighted by molar-refractivity contribution is 5.32. The summed E-state index contributed by atoms with van der Waals surface area (Å²) in [5, 5.41) is 0. The number of ether oxygens (including phenoxy) is 2. The Kier molecular flexibility index (Phi) is 5.78. The summed E-state index contributed by atoms with van der Waals surface area (Å²) in [4.78, 5) is 0. The molecule has 3 nitrogen and oxygen atoms in total. The van der Waals surface area contributed by atoms with Crippen LogP contribution in [0, 0.1) is 0 Å². The molecule has 1 rings (SSSR count). The van der Waals surface area contributed by atoms with Gasteiger partial charge in [-0.15, -0.1) is 0 Å². The molecule has 0 aliphatic rings. The second-order valence-electron chi connectivity index (χ2n) is 4.29. The predicted octanol–water partition coefficient (Wildman–Crippen LogP) is 2.76. The Morgan fingerprint density at radius 3 is 2.42 bits per heavy atom. The van der Waals surface area contributed by atoms with Crippen LogP contribution in [-0.2, 0) is 15.7 Å². The largest absolute Gasteiger partial charge is 0.416 e. The third-order valence-electron chi connectivity index (χ3n) is 2.63.